The number of non-ortho nitro benzene ring substituents is 1. The van der Waals surface area contributed by atoms with Gasteiger partial charge in [-0.25, -0.2) is 17.8 Å². The highest BCUT2D eigenvalue weighted by Crippen LogP contribution is 2.28. The molecule has 172 valence electrons. The number of sulfonamides is 1. The van der Waals surface area contributed by atoms with Crippen molar-refractivity contribution >= 4 is 43.8 Å². The van der Waals surface area contributed by atoms with Crippen LogP contribution in [0.15, 0.2) is 83.1 Å². The Kier molecular flexibility index (Phi) is 6.34. The first-order valence-electron chi connectivity index (χ1n) is 9.61. The summed E-state index contributed by atoms with van der Waals surface area (Å²) in [7, 11) is -3.91. The van der Waals surface area contributed by atoms with Crippen LogP contribution >= 0.6 is 11.3 Å². The number of carbonyl (C=O) groups is 1. The molecule has 0 fully saturated rings. The molecule has 1 amide bonds. The van der Waals surface area contributed by atoms with Crippen LogP contribution in [0.1, 0.15) is 10.4 Å². The molecule has 2 N–H and O–H groups in total. The van der Waals surface area contributed by atoms with Gasteiger partial charge < -0.3 is 0 Å². The summed E-state index contributed by atoms with van der Waals surface area (Å²) in [6, 6.07) is 16.1. The molecule has 0 aliphatic rings. The van der Waals surface area contributed by atoms with Crippen LogP contribution in [-0.4, -0.2) is 24.2 Å². The Morgan fingerprint density at radius 2 is 1.74 bits per heavy atom. The fraction of sp³-hybridized carbons (Fsp3) is 0. The zero-order valence-corrected chi connectivity index (χ0v) is 18.8. The predicted octanol–water partition coefficient (Wildman–Crippen LogP) is 4.91. The number of anilines is 2. The van der Waals surface area contributed by atoms with Gasteiger partial charge in [0.15, 0.2) is 5.13 Å². The molecule has 0 saturated carbocycles. The SMILES string of the molecule is O=C(Nc1nc(-c2cccc([N+](=O)[O-])c2)cs1)c1ccc(NS(=O)(=O)c2ccc(F)cc2)cc1. The molecule has 4 aromatic rings. The van der Waals surface area contributed by atoms with E-state index in [1.54, 1.807) is 17.5 Å². The van der Waals surface area contributed by atoms with Crippen LogP contribution in [-0.2, 0) is 10.0 Å². The number of benzene rings is 3. The van der Waals surface area contributed by atoms with Gasteiger partial charge in [0.25, 0.3) is 21.6 Å². The van der Waals surface area contributed by atoms with Crippen LogP contribution in [0.3, 0.4) is 0 Å². The van der Waals surface area contributed by atoms with Crippen LogP contribution in [0.2, 0.25) is 0 Å². The number of halogens is 1. The van der Waals surface area contributed by atoms with Gasteiger partial charge in [-0.1, -0.05) is 12.1 Å². The van der Waals surface area contributed by atoms with Gasteiger partial charge in [0.05, 0.1) is 15.5 Å². The van der Waals surface area contributed by atoms with E-state index in [1.165, 1.54) is 36.4 Å². The lowest BCUT2D eigenvalue weighted by atomic mass is 10.1. The maximum Gasteiger partial charge on any atom is 0.270 e. The van der Waals surface area contributed by atoms with E-state index in [-0.39, 0.29) is 21.8 Å². The Morgan fingerprint density at radius 1 is 1.03 bits per heavy atom. The van der Waals surface area contributed by atoms with E-state index in [4.69, 9.17) is 0 Å². The van der Waals surface area contributed by atoms with E-state index in [2.05, 4.69) is 15.0 Å². The number of nitrogens with one attached hydrogen (secondary N) is 2. The third-order valence-corrected chi connectivity index (χ3v) is 6.76. The van der Waals surface area contributed by atoms with Crippen LogP contribution in [0.5, 0.6) is 0 Å². The van der Waals surface area contributed by atoms with Crippen molar-refractivity contribution < 1.29 is 22.5 Å². The summed E-state index contributed by atoms with van der Waals surface area (Å²) in [4.78, 5) is 27.2. The van der Waals surface area contributed by atoms with Crippen LogP contribution in [0.25, 0.3) is 11.3 Å². The van der Waals surface area contributed by atoms with Gasteiger partial charge in [0, 0.05) is 34.3 Å². The second-order valence-electron chi connectivity index (χ2n) is 6.94. The number of nitro benzene ring substituents is 1. The van der Waals surface area contributed by atoms with Gasteiger partial charge in [-0.3, -0.25) is 24.9 Å². The van der Waals surface area contributed by atoms with Gasteiger partial charge >= 0.3 is 0 Å². The Bertz CT molecular complexity index is 1470. The topological polar surface area (TPSA) is 131 Å². The summed E-state index contributed by atoms with van der Waals surface area (Å²) >= 11 is 1.16. The minimum absolute atomic E-state index is 0.0637. The first-order valence-corrected chi connectivity index (χ1v) is 12.0. The maximum atomic E-state index is 13.0. The summed E-state index contributed by atoms with van der Waals surface area (Å²) < 4.78 is 40.2. The van der Waals surface area contributed by atoms with Crippen molar-refractivity contribution in [2.45, 2.75) is 4.90 Å². The van der Waals surface area contributed by atoms with Crippen molar-refractivity contribution in [1.29, 1.82) is 0 Å². The van der Waals surface area contributed by atoms with E-state index < -0.39 is 26.7 Å². The number of hydrogen-bond acceptors (Lipinski definition) is 7. The third-order valence-electron chi connectivity index (χ3n) is 4.60. The van der Waals surface area contributed by atoms with Crippen molar-refractivity contribution in [2.75, 3.05) is 10.0 Å². The zero-order chi connectivity index (χ0) is 24.3. The normalized spacial score (nSPS) is 11.1. The van der Waals surface area contributed by atoms with Crippen molar-refractivity contribution in [3.05, 3.63) is 99.7 Å². The van der Waals surface area contributed by atoms with Gasteiger partial charge in [-0.2, -0.15) is 0 Å². The summed E-state index contributed by atoms with van der Waals surface area (Å²) in [5.41, 5.74) is 1.45. The molecule has 0 atom stereocenters. The second kappa shape index (κ2) is 9.37. The average Bonchev–Trinajstić information content (AvgIpc) is 3.28. The summed E-state index contributed by atoms with van der Waals surface area (Å²) in [5.74, 6) is -1.01. The number of thiazole rings is 1. The Hall–Kier alpha value is -4.16. The van der Waals surface area contributed by atoms with Crippen LogP contribution < -0.4 is 10.0 Å². The molecule has 0 aliphatic carbocycles. The lowest BCUT2D eigenvalue weighted by Crippen LogP contribution is -2.14. The molecule has 1 heterocycles. The van der Waals surface area contributed by atoms with Gasteiger partial charge in [0.1, 0.15) is 5.82 Å². The van der Waals surface area contributed by atoms with Crippen molar-refractivity contribution in [3.8, 4) is 11.3 Å². The molecule has 3 aromatic carbocycles. The summed E-state index contributed by atoms with van der Waals surface area (Å²) in [6.07, 6.45) is 0. The van der Waals surface area contributed by atoms with Crippen molar-refractivity contribution in [1.82, 2.24) is 4.98 Å². The molecule has 0 aliphatic heterocycles. The van der Waals surface area contributed by atoms with E-state index in [0.29, 0.717) is 16.4 Å². The average molecular weight is 499 g/mol. The lowest BCUT2D eigenvalue weighted by Gasteiger charge is -2.09. The molecule has 12 heteroatoms. The lowest BCUT2D eigenvalue weighted by molar-refractivity contribution is -0.384. The van der Waals surface area contributed by atoms with Crippen molar-refractivity contribution in [3.63, 3.8) is 0 Å². The fourth-order valence-corrected chi connectivity index (χ4v) is 4.70. The first-order chi connectivity index (χ1) is 16.2. The first kappa shape index (κ1) is 23.0. The van der Waals surface area contributed by atoms with Gasteiger partial charge in [-0.05, 0) is 48.5 Å². The van der Waals surface area contributed by atoms with Crippen LogP contribution in [0, 0.1) is 15.9 Å². The largest absolute Gasteiger partial charge is 0.298 e. The molecule has 0 saturated heterocycles. The molecule has 0 unspecified atom stereocenters. The second-order valence-corrected chi connectivity index (χ2v) is 9.48. The maximum absolute atomic E-state index is 13.0. The minimum atomic E-state index is -3.91. The standard InChI is InChI=1S/C22H15FN4O5S2/c23-16-6-10-19(11-7-16)34(31,32)26-17-8-4-14(5-9-17)21(28)25-22-24-20(13-33-22)15-2-1-3-18(12-15)27(29)30/h1-13,26H,(H,24,25,28). The Morgan fingerprint density at radius 3 is 2.41 bits per heavy atom. The molecular formula is C22H15FN4O5S2. The highest BCUT2D eigenvalue weighted by Gasteiger charge is 2.16. The Balaban J connectivity index is 1.43. The van der Waals surface area contributed by atoms with E-state index >= 15 is 0 Å². The van der Waals surface area contributed by atoms with Gasteiger partial charge in [-0.15, -0.1) is 11.3 Å². The monoisotopic (exact) mass is 498 g/mol. The van der Waals surface area contributed by atoms with Crippen LogP contribution in [0.4, 0.5) is 20.9 Å². The molecule has 9 nitrogen and oxygen atoms in total. The third kappa shape index (κ3) is 5.24. The number of nitrogens with zero attached hydrogens (tertiary/aromatic N) is 2. The number of hydrogen-bond donors (Lipinski definition) is 2. The number of amides is 1. The summed E-state index contributed by atoms with van der Waals surface area (Å²) in [5, 5.41) is 15.6. The predicted molar refractivity (Wildman–Crippen MR) is 126 cm³/mol. The molecule has 4 rings (SSSR count). The van der Waals surface area contributed by atoms with E-state index in [0.717, 1.165) is 35.6 Å². The van der Waals surface area contributed by atoms with Gasteiger partial charge in [0.2, 0.25) is 0 Å². The van der Waals surface area contributed by atoms with E-state index in [9.17, 15) is 27.7 Å². The van der Waals surface area contributed by atoms with E-state index in [1.807, 2.05) is 0 Å². The highest BCUT2D eigenvalue weighted by atomic mass is 32.2. The molecule has 0 radical (unpaired) electrons. The summed E-state index contributed by atoms with van der Waals surface area (Å²) in [6.45, 7) is 0. The fourth-order valence-electron chi connectivity index (χ4n) is 2.93. The quantitative estimate of drug-likeness (QED) is 0.275. The number of aromatic nitrogens is 1. The zero-order valence-electron chi connectivity index (χ0n) is 17.1. The number of carbonyl (C=O) groups excluding carboxylic acids is 1. The molecular weight excluding hydrogens is 483 g/mol. The number of rotatable bonds is 7. The number of nitro groups is 1. The minimum Gasteiger partial charge on any atom is -0.298 e. The molecule has 0 bridgehead atoms. The molecule has 0 spiro atoms. The smallest absolute Gasteiger partial charge is 0.270 e. The highest BCUT2D eigenvalue weighted by molar-refractivity contribution is 7.92. The molecule has 1 aromatic heterocycles. The Labute approximate surface area is 197 Å². The van der Waals surface area contributed by atoms with Crippen molar-refractivity contribution in [2.24, 2.45) is 0 Å². The molecule has 34 heavy (non-hydrogen) atoms.